The number of anilines is 1. The number of rotatable bonds is 7. The number of carbonyl (C=O) groups excluding carboxylic acids is 1. The molecule has 0 bridgehead atoms. The van der Waals surface area contributed by atoms with Crippen LogP contribution in [-0.2, 0) is 11.3 Å². The Morgan fingerprint density at radius 2 is 2.03 bits per heavy atom. The normalized spacial score (nSPS) is 16.5. The van der Waals surface area contributed by atoms with Crippen molar-refractivity contribution in [1.29, 1.82) is 0 Å². The molecule has 2 aromatic carbocycles. The van der Waals surface area contributed by atoms with E-state index in [1.54, 1.807) is 32.4 Å². The van der Waals surface area contributed by atoms with Crippen molar-refractivity contribution in [2.75, 3.05) is 32.6 Å². The number of hydrogen-bond acceptors (Lipinski definition) is 7. The molecule has 0 aliphatic carbocycles. The highest BCUT2D eigenvalue weighted by molar-refractivity contribution is 6.32. The van der Waals surface area contributed by atoms with Gasteiger partial charge in [-0.3, -0.25) is 9.69 Å². The van der Waals surface area contributed by atoms with Crippen LogP contribution in [-0.4, -0.2) is 48.3 Å². The Morgan fingerprint density at radius 3 is 2.75 bits per heavy atom. The molecule has 168 valence electrons. The van der Waals surface area contributed by atoms with E-state index >= 15 is 0 Å². The lowest BCUT2D eigenvalue weighted by molar-refractivity contribution is -0.121. The number of aromatic nitrogens is 2. The molecule has 0 saturated carbocycles. The van der Waals surface area contributed by atoms with Crippen LogP contribution in [0.3, 0.4) is 0 Å². The van der Waals surface area contributed by atoms with Crippen LogP contribution < -0.4 is 14.8 Å². The van der Waals surface area contributed by atoms with Crippen LogP contribution in [0.25, 0.3) is 11.4 Å². The number of benzene rings is 2. The number of nitrogens with one attached hydrogen (secondary N) is 1. The molecule has 32 heavy (non-hydrogen) atoms. The van der Waals surface area contributed by atoms with Gasteiger partial charge in [-0.15, -0.1) is 0 Å². The molecule has 3 aromatic rings. The van der Waals surface area contributed by atoms with Gasteiger partial charge >= 0.3 is 0 Å². The molecule has 1 atom stereocenters. The zero-order chi connectivity index (χ0) is 22.5. The van der Waals surface area contributed by atoms with Gasteiger partial charge in [-0.1, -0.05) is 16.8 Å². The quantitative estimate of drug-likeness (QED) is 0.568. The number of methoxy groups -OCH3 is 2. The topological polar surface area (TPSA) is 89.7 Å². The predicted molar refractivity (Wildman–Crippen MR) is 121 cm³/mol. The second-order valence-corrected chi connectivity index (χ2v) is 8.06. The molecule has 1 aliphatic rings. The molecule has 1 amide bonds. The van der Waals surface area contributed by atoms with Crippen molar-refractivity contribution in [3.8, 4) is 22.9 Å². The number of halogens is 1. The second kappa shape index (κ2) is 10.0. The van der Waals surface area contributed by atoms with E-state index in [4.69, 9.17) is 25.6 Å². The molecular formula is C23H25ClN4O4. The van der Waals surface area contributed by atoms with Crippen molar-refractivity contribution in [1.82, 2.24) is 15.0 Å². The summed E-state index contributed by atoms with van der Waals surface area (Å²) < 4.78 is 15.8. The van der Waals surface area contributed by atoms with Crippen LogP contribution >= 0.6 is 11.6 Å². The van der Waals surface area contributed by atoms with Gasteiger partial charge < -0.3 is 19.3 Å². The Morgan fingerprint density at radius 1 is 1.22 bits per heavy atom. The van der Waals surface area contributed by atoms with Gasteiger partial charge in [-0.25, -0.2) is 0 Å². The number of piperidine rings is 1. The fourth-order valence-corrected chi connectivity index (χ4v) is 4.03. The summed E-state index contributed by atoms with van der Waals surface area (Å²) in [5.41, 5.74) is 1.51. The van der Waals surface area contributed by atoms with Crippen molar-refractivity contribution in [2.45, 2.75) is 19.4 Å². The number of likely N-dealkylation sites (tertiary alicyclic amines) is 1. The third-order valence-corrected chi connectivity index (χ3v) is 5.77. The molecule has 1 saturated heterocycles. The number of ether oxygens (including phenoxy) is 2. The maximum Gasteiger partial charge on any atom is 0.241 e. The van der Waals surface area contributed by atoms with Gasteiger partial charge in [0.15, 0.2) is 0 Å². The minimum atomic E-state index is -0.131. The maximum absolute atomic E-state index is 12.8. The summed E-state index contributed by atoms with van der Waals surface area (Å²) in [4.78, 5) is 19.5. The zero-order valence-corrected chi connectivity index (χ0v) is 18.8. The average Bonchev–Trinajstić information content (AvgIpc) is 3.28. The summed E-state index contributed by atoms with van der Waals surface area (Å²) in [5, 5.41) is 7.50. The molecule has 8 nitrogen and oxygen atoms in total. The fraction of sp³-hybridized carbons (Fsp3) is 0.348. The van der Waals surface area contributed by atoms with Crippen LogP contribution in [0.4, 0.5) is 5.69 Å². The summed E-state index contributed by atoms with van der Waals surface area (Å²) in [7, 11) is 3.18. The molecule has 2 heterocycles. The first-order valence-electron chi connectivity index (χ1n) is 10.4. The summed E-state index contributed by atoms with van der Waals surface area (Å²) in [5.74, 6) is 2.24. The van der Waals surface area contributed by atoms with Crippen LogP contribution in [0.2, 0.25) is 5.02 Å². The Kier molecular flexibility index (Phi) is 6.92. The van der Waals surface area contributed by atoms with E-state index in [2.05, 4.69) is 20.4 Å². The third kappa shape index (κ3) is 5.20. The highest BCUT2D eigenvalue weighted by Gasteiger charge is 2.27. The summed E-state index contributed by atoms with van der Waals surface area (Å²) in [6.45, 7) is 2.00. The SMILES string of the molecule is COc1ccc(-c2noc(CN3CCCC(C(=O)Nc4ccc(OC)c(Cl)c4)C3)n2)cc1. The minimum Gasteiger partial charge on any atom is -0.497 e. The van der Waals surface area contributed by atoms with E-state index in [1.165, 1.54) is 0 Å². The lowest BCUT2D eigenvalue weighted by atomic mass is 9.97. The first-order chi connectivity index (χ1) is 15.6. The van der Waals surface area contributed by atoms with Crippen LogP contribution in [0, 0.1) is 5.92 Å². The van der Waals surface area contributed by atoms with Crippen molar-refractivity contribution in [3.63, 3.8) is 0 Å². The van der Waals surface area contributed by atoms with E-state index in [1.807, 2.05) is 24.3 Å². The Balaban J connectivity index is 1.35. The average molecular weight is 457 g/mol. The van der Waals surface area contributed by atoms with E-state index in [0.717, 1.165) is 30.7 Å². The van der Waals surface area contributed by atoms with E-state index in [9.17, 15) is 4.79 Å². The number of amides is 1. The number of carbonyl (C=O) groups is 1. The van der Waals surface area contributed by atoms with Gasteiger partial charge in [-0.2, -0.15) is 4.98 Å². The van der Waals surface area contributed by atoms with Gasteiger partial charge in [0.1, 0.15) is 11.5 Å². The van der Waals surface area contributed by atoms with Crippen LogP contribution in [0.1, 0.15) is 18.7 Å². The van der Waals surface area contributed by atoms with E-state index < -0.39 is 0 Å². The zero-order valence-electron chi connectivity index (χ0n) is 18.0. The van der Waals surface area contributed by atoms with Gasteiger partial charge in [-0.05, 0) is 61.9 Å². The van der Waals surface area contributed by atoms with Gasteiger partial charge in [0.25, 0.3) is 0 Å². The monoisotopic (exact) mass is 456 g/mol. The Labute approximate surface area is 191 Å². The smallest absolute Gasteiger partial charge is 0.241 e. The highest BCUT2D eigenvalue weighted by Crippen LogP contribution is 2.28. The minimum absolute atomic E-state index is 0.0274. The first kappa shape index (κ1) is 22.1. The van der Waals surface area contributed by atoms with Crippen molar-refractivity contribution < 1.29 is 18.8 Å². The van der Waals surface area contributed by atoms with Crippen LogP contribution in [0.15, 0.2) is 47.0 Å². The van der Waals surface area contributed by atoms with Gasteiger partial charge in [0.05, 0.1) is 31.7 Å². The number of hydrogen-bond donors (Lipinski definition) is 1. The summed E-state index contributed by atoms with van der Waals surface area (Å²) in [6, 6.07) is 12.7. The lowest BCUT2D eigenvalue weighted by Crippen LogP contribution is -2.40. The van der Waals surface area contributed by atoms with Gasteiger partial charge in [0, 0.05) is 17.8 Å². The molecule has 1 fully saturated rings. The third-order valence-electron chi connectivity index (χ3n) is 5.47. The van der Waals surface area contributed by atoms with E-state index in [0.29, 0.717) is 41.3 Å². The molecule has 1 unspecified atom stereocenters. The fourth-order valence-electron chi connectivity index (χ4n) is 3.77. The lowest BCUT2D eigenvalue weighted by Gasteiger charge is -2.30. The molecule has 0 spiro atoms. The standard InChI is InChI=1S/C23H25ClN4O4/c1-30-18-8-5-15(6-9-18)22-26-21(32-27-22)14-28-11-3-4-16(13-28)23(29)25-17-7-10-20(31-2)19(24)12-17/h5-10,12,16H,3-4,11,13-14H2,1-2H3,(H,25,29). The Hall–Kier alpha value is -3.10. The Bertz CT molecular complexity index is 1070. The van der Waals surface area contributed by atoms with Gasteiger partial charge in [0.2, 0.25) is 17.6 Å². The van der Waals surface area contributed by atoms with Crippen LogP contribution in [0.5, 0.6) is 11.5 Å². The van der Waals surface area contributed by atoms with Crippen molar-refractivity contribution in [3.05, 3.63) is 53.4 Å². The van der Waals surface area contributed by atoms with Crippen molar-refractivity contribution in [2.24, 2.45) is 5.92 Å². The van der Waals surface area contributed by atoms with E-state index in [-0.39, 0.29) is 11.8 Å². The number of nitrogens with zero attached hydrogens (tertiary/aromatic N) is 3. The molecule has 1 N–H and O–H groups in total. The molecule has 1 aromatic heterocycles. The molecule has 9 heteroatoms. The second-order valence-electron chi connectivity index (χ2n) is 7.65. The molecule has 4 rings (SSSR count). The molecule has 1 aliphatic heterocycles. The largest absolute Gasteiger partial charge is 0.497 e. The maximum atomic E-state index is 12.8. The first-order valence-corrected chi connectivity index (χ1v) is 10.8. The van der Waals surface area contributed by atoms with Crippen molar-refractivity contribution >= 4 is 23.2 Å². The highest BCUT2D eigenvalue weighted by atomic mass is 35.5. The summed E-state index contributed by atoms with van der Waals surface area (Å²) in [6.07, 6.45) is 1.74. The molecular weight excluding hydrogens is 432 g/mol. The summed E-state index contributed by atoms with van der Waals surface area (Å²) >= 11 is 6.16. The predicted octanol–water partition coefficient (Wildman–Crippen LogP) is 4.26. The molecule has 0 radical (unpaired) electrons.